The second-order valence-corrected chi connectivity index (χ2v) is 6.42. The lowest BCUT2D eigenvalue weighted by Crippen LogP contribution is -2.22. The molecule has 110 valence electrons. The highest BCUT2D eigenvalue weighted by molar-refractivity contribution is 8.00. The highest BCUT2D eigenvalue weighted by Gasteiger charge is 2.14. The van der Waals surface area contributed by atoms with Gasteiger partial charge in [-0.15, -0.1) is 11.8 Å². The number of thioether (sulfide) groups is 1. The third-order valence-electron chi connectivity index (χ3n) is 3.08. The van der Waals surface area contributed by atoms with Crippen molar-refractivity contribution < 1.29 is 4.79 Å². The summed E-state index contributed by atoms with van der Waals surface area (Å²) < 4.78 is 0. The van der Waals surface area contributed by atoms with E-state index >= 15 is 0 Å². The van der Waals surface area contributed by atoms with E-state index in [4.69, 9.17) is 0 Å². The summed E-state index contributed by atoms with van der Waals surface area (Å²) >= 11 is 1.56. The molecule has 0 aliphatic carbocycles. The fourth-order valence-corrected chi connectivity index (χ4v) is 2.73. The Kier molecular flexibility index (Phi) is 5.28. The number of benzene rings is 2. The van der Waals surface area contributed by atoms with Crippen LogP contribution in [0.3, 0.4) is 0 Å². The van der Waals surface area contributed by atoms with Gasteiger partial charge in [0.25, 0.3) is 0 Å². The first-order valence-corrected chi connectivity index (χ1v) is 7.74. The van der Waals surface area contributed by atoms with Gasteiger partial charge in [-0.1, -0.05) is 18.2 Å². The van der Waals surface area contributed by atoms with E-state index in [1.807, 2.05) is 80.5 Å². The molecule has 2 aromatic carbocycles. The minimum Gasteiger partial charge on any atom is -0.378 e. The van der Waals surface area contributed by atoms with Crippen molar-refractivity contribution >= 4 is 29.0 Å². The highest BCUT2D eigenvalue weighted by atomic mass is 32.2. The monoisotopic (exact) mass is 300 g/mol. The Bertz CT molecular complexity index is 581. The molecule has 0 saturated heterocycles. The largest absolute Gasteiger partial charge is 0.378 e. The number of anilines is 2. The first-order chi connectivity index (χ1) is 10.1. The van der Waals surface area contributed by atoms with Gasteiger partial charge >= 0.3 is 0 Å². The van der Waals surface area contributed by atoms with Gasteiger partial charge in [0.15, 0.2) is 0 Å². The third kappa shape index (κ3) is 4.53. The van der Waals surface area contributed by atoms with Crippen molar-refractivity contribution in [1.29, 1.82) is 0 Å². The Hall–Kier alpha value is -1.94. The van der Waals surface area contributed by atoms with Crippen LogP contribution in [-0.2, 0) is 4.79 Å². The van der Waals surface area contributed by atoms with Gasteiger partial charge in [-0.3, -0.25) is 4.79 Å². The Morgan fingerprint density at radius 1 is 1.05 bits per heavy atom. The molecule has 0 spiro atoms. The van der Waals surface area contributed by atoms with Crippen LogP contribution >= 0.6 is 11.8 Å². The SMILES string of the molecule is CC(Sc1ccccc1)C(=O)Nc1ccc(N(C)C)cc1. The molecule has 0 fully saturated rings. The smallest absolute Gasteiger partial charge is 0.237 e. The van der Waals surface area contributed by atoms with Crippen LogP contribution in [0.15, 0.2) is 59.5 Å². The maximum atomic E-state index is 12.2. The van der Waals surface area contributed by atoms with Crippen molar-refractivity contribution in [1.82, 2.24) is 0 Å². The average molecular weight is 300 g/mol. The van der Waals surface area contributed by atoms with Crippen molar-refractivity contribution in [2.45, 2.75) is 17.1 Å². The number of nitrogens with one attached hydrogen (secondary N) is 1. The summed E-state index contributed by atoms with van der Waals surface area (Å²) in [5.74, 6) is 0.0152. The zero-order chi connectivity index (χ0) is 15.2. The zero-order valence-electron chi connectivity index (χ0n) is 12.5. The van der Waals surface area contributed by atoms with Crippen LogP contribution in [0.4, 0.5) is 11.4 Å². The molecule has 1 N–H and O–H groups in total. The van der Waals surface area contributed by atoms with Crippen LogP contribution in [-0.4, -0.2) is 25.3 Å². The lowest BCUT2D eigenvalue weighted by Gasteiger charge is -2.14. The van der Waals surface area contributed by atoms with Crippen LogP contribution < -0.4 is 10.2 Å². The van der Waals surface area contributed by atoms with Gasteiger partial charge in [-0.05, 0) is 43.3 Å². The van der Waals surface area contributed by atoms with Crippen LogP contribution in [0.25, 0.3) is 0 Å². The fourth-order valence-electron chi connectivity index (χ4n) is 1.84. The second-order valence-electron chi connectivity index (χ2n) is 5.00. The molecule has 0 radical (unpaired) electrons. The summed E-state index contributed by atoms with van der Waals surface area (Å²) in [6.45, 7) is 1.92. The van der Waals surface area contributed by atoms with E-state index in [-0.39, 0.29) is 11.2 Å². The quantitative estimate of drug-likeness (QED) is 0.851. The molecule has 2 rings (SSSR count). The summed E-state index contributed by atoms with van der Waals surface area (Å²) in [5.41, 5.74) is 1.94. The molecule has 21 heavy (non-hydrogen) atoms. The van der Waals surface area contributed by atoms with Gasteiger partial charge in [0.1, 0.15) is 0 Å². The number of hydrogen-bond acceptors (Lipinski definition) is 3. The zero-order valence-corrected chi connectivity index (χ0v) is 13.4. The van der Waals surface area contributed by atoms with Crippen molar-refractivity contribution in [2.75, 3.05) is 24.3 Å². The molecule has 0 aliphatic heterocycles. The molecular formula is C17H20N2OS. The Balaban J connectivity index is 1.94. The lowest BCUT2D eigenvalue weighted by molar-refractivity contribution is -0.115. The molecule has 1 atom stereocenters. The van der Waals surface area contributed by atoms with Crippen LogP contribution in [0.2, 0.25) is 0 Å². The van der Waals surface area contributed by atoms with E-state index in [0.717, 1.165) is 16.3 Å². The minimum atomic E-state index is -0.138. The van der Waals surface area contributed by atoms with Gasteiger partial charge in [0.2, 0.25) is 5.91 Å². The van der Waals surface area contributed by atoms with Gasteiger partial charge in [0, 0.05) is 30.4 Å². The van der Waals surface area contributed by atoms with Crippen LogP contribution in [0, 0.1) is 0 Å². The number of hydrogen-bond donors (Lipinski definition) is 1. The molecule has 0 saturated carbocycles. The molecule has 0 bridgehead atoms. The van der Waals surface area contributed by atoms with Gasteiger partial charge in [-0.2, -0.15) is 0 Å². The van der Waals surface area contributed by atoms with Crippen LogP contribution in [0.1, 0.15) is 6.92 Å². The Morgan fingerprint density at radius 2 is 1.67 bits per heavy atom. The fraction of sp³-hybridized carbons (Fsp3) is 0.235. The summed E-state index contributed by atoms with van der Waals surface area (Å²) in [7, 11) is 3.98. The molecule has 0 heterocycles. The maximum Gasteiger partial charge on any atom is 0.237 e. The summed E-state index contributed by atoms with van der Waals surface area (Å²) in [6.07, 6.45) is 0. The highest BCUT2D eigenvalue weighted by Crippen LogP contribution is 2.24. The van der Waals surface area contributed by atoms with E-state index in [1.165, 1.54) is 0 Å². The predicted molar refractivity (Wildman–Crippen MR) is 91.2 cm³/mol. The van der Waals surface area contributed by atoms with E-state index in [9.17, 15) is 4.79 Å². The topological polar surface area (TPSA) is 32.3 Å². The van der Waals surface area contributed by atoms with Crippen molar-refractivity contribution in [3.05, 3.63) is 54.6 Å². The molecule has 1 amide bonds. The van der Waals surface area contributed by atoms with Crippen molar-refractivity contribution in [3.63, 3.8) is 0 Å². The lowest BCUT2D eigenvalue weighted by atomic mass is 10.2. The molecule has 3 nitrogen and oxygen atoms in total. The third-order valence-corrected chi connectivity index (χ3v) is 4.19. The summed E-state index contributed by atoms with van der Waals surface area (Å²) in [6, 6.07) is 17.8. The van der Waals surface area contributed by atoms with E-state index in [0.29, 0.717) is 0 Å². The summed E-state index contributed by atoms with van der Waals surface area (Å²) in [4.78, 5) is 15.3. The van der Waals surface area contributed by atoms with Gasteiger partial charge < -0.3 is 10.2 Å². The molecular weight excluding hydrogens is 280 g/mol. The summed E-state index contributed by atoms with van der Waals surface area (Å²) in [5, 5.41) is 2.81. The number of nitrogens with zero attached hydrogens (tertiary/aromatic N) is 1. The maximum absolute atomic E-state index is 12.2. The minimum absolute atomic E-state index is 0.0152. The van der Waals surface area contributed by atoms with Crippen molar-refractivity contribution in [2.24, 2.45) is 0 Å². The van der Waals surface area contributed by atoms with Gasteiger partial charge in [0.05, 0.1) is 5.25 Å². The standard InChI is InChI=1S/C17H20N2OS/c1-13(21-16-7-5-4-6-8-16)17(20)18-14-9-11-15(12-10-14)19(2)3/h4-13H,1-3H3,(H,18,20). The molecule has 0 aromatic heterocycles. The van der Waals surface area contributed by atoms with E-state index in [1.54, 1.807) is 11.8 Å². The number of amides is 1. The average Bonchev–Trinajstić information content (AvgIpc) is 2.48. The first kappa shape index (κ1) is 15.4. The van der Waals surface area contributed by atoms with Crippen LogP contribution in [0.5, 0.6) is 0 Å². The van der Waals surface area contributed by atoms with E-state index < -0.39 is 0 Å². The second kappa shape index (κ2) is 7.18. The number of rotatable bonds is 5. The van der Waals surface area contributed by atoms with Crippen molar-refractivity contribution in [3.8, 4) is 0 Å². The number of carbonyl (C=O) groups is 1. The van der Waals surface area contributed by atoms with Gasteiger partial charge in [-0.25, -0.2) is 0 Å². The Labute approximate surface area is 130 Å². The van der Waals surface area contributed by atoms with E-state index in [2.05, 4.69) is 5.32 Å². The first-order valence-electron chi connectivity index (χ1n) is 6.86. The number of carbonyl (C=O) groups excluding carboxylic acids is 1. The normalized spacial score (nSPS) is 11.8. The predicted octanol–water partition coefficient (Wildman–Crippen LogP) is 3.87. The molecule has 4 heteroatoms. The Morgan fingerprint density at radius 3 is 2.24 bits per heavy atom. The molecule has 0 aliphatic rings. The molecule has 1 unspecified atom stereocenters. The molecule has 2 aromatic rings.